The molecule has 1 aromatic carbocycles. The summed E-state index contributed by atoms with van der Waals surface area (Å²) >= 11 is 8.23. The molecule has 0 radical (unpaired) electrons. The third-order valence-corrected chi connectivity index (χ3v) is 4.20. The number of hydrogen-bond acceptors (Lipinski definition) is 4. The molecular weight excluding hydrogens is 340 g/mol. The summed E-state index contributed by atoms with van der Waals surface area (Å²) in [5.74, 6) is 0.331. The van der Waals surface area contributed by atoms with Crippen LogP contribution < -0.4 is 0 Å². The second-order valence-electron chi connectivity index (χ2n) is 5.77. The molecule has 0 aliphatic carbocycles. The molecule has 6 heteroatoms. The van der Waals surface area contributed by atoms with Gasteiger partial charge in [-0.2, -0.15) is 12.6 Å². The van der Waals surface area contributed by atoms with Gasteiger partial charge >= 0.3 is 5.97 Å². The van der Waals surface area contributed by atoms with Gasteiger partial charge in [0.25, 0.3) is 0 Å². The number of para-hydroxylation sites is 2. The monoisotopic (exact) mass is 368 g/mol. The van der Waals surface area contributed by atoms with Crippen LogP contribution in [0.15, 0.2) is 29.4 Å². The number of aliphatic carboxylic acids is 1. The lowest BCUT2D eigenvalue weighted by molar-refractivity contribution is -0.137. The number of nitrogens with zero attached hydrogens (tertiary/aromatic N) is 1. The maximum absolute atomic E-state index is 10.2. The molecule has 0 bridgehead atoms. The molecule has 0 saturated heterocycles. The standard InChI is InChI=1S/C11H22O2S.C7H6N2S/c12-11(13)9-7-5-3-1-2-4-6-8-10-14;10-7-8-5-3-1-2-4-6(5)9-7/h14H,1-10H2,(H,12,13);1-4H,(H2,8,9,10). The van der Waals surface area contributed by atoms with E-state index in [1.165, 1.54) is 38.5 Å². The van der Waals surface area contributed by atoms with E-state index in [9.17, 15) is 4.79 Å². The summed E-state index contributed by atoms with van der Waals surface area (Å²) < 4.78 is 0. The first-order chi connectivity index (χ1) is 11.6. The molecule has 0 amide bonds. The highest BCUT2D eigenvalue weighted by atomic mass is 32.1. The molecule has 2 rings (SSSR count). The number of H-pyrrole nitrogens is 1. The average Bonchev–Trinajstić information content (AvgIpc) is 2.93. The second-order valence-corrected chi connectivity index (χ2v) is 6.64. The van der Waals surface area contributed by atoms with E-state index >= 15 is 0 Å². The molecule has 2 aromatic rings. The van der Waals surface area contributed by atoms with E-state index in [1.807, 2.05) is 24.3 Å². The number of fused-ring (bicyclic) bond motifs is 1. The van der Waals surface area contributed by atoms with Crippen LogP contribution in [0.1, 0.15) is 57.8 Å². The number of nitrogens with one attached hydrogen (secondary N) is 1. The molecule has 0 unspecified atom stereocenters. The van der Waals surface area contributed by atoms with Crippen molar-refractivity contribution in [1.82, 2.24) is 9.97 Å². The van der Waals surface area contributed by atoms with E-state index in [1.54, 1.807) is 0 Å². The fraction of sp³-hybridized carbons (Fsp3) is 0.556. The van der Waals surface area contributed by atoms with Crippen molar-refractivity contribution in [3.63, 3.8) is 0 Å². The van der Waals surface area contributed by atoms with Gasteiger partial charge in [-0.15, -0.1) is 12.6 Å². The maximum Gasteiger partial charge on any atom is 0.303 e. The number of thiol groups is 2. The second kappa shape index (κ2) is 13.2. The maximum atomic E-state index is 10.2. The Kier molecular flexibility index (Phi) is 11.5. The third kappa shape index (κ3) is 9.88. The van der Waals surface area contributed by atoms with Crippen LogP contribution in [0.25, 0.3) is 11.0 Å². The van der Waals surface area contributed by atoms with Gasteiger partial charge in [-0.05, 0) is 30.7 Å². The zero-order valence-electron chi connectivity index (χ0n) is 14.1. The molecule has 24 heavy (non-hydrogen) atoms. The molecule has 0 spiro atoms. The lowest BCUT2D eigenvalue weighted by atomic mass is 10.1. The van der Waals surface area contributed by atoms with Gasteiger partial charge in [0.2, 0.25) is 0 Å². The van der Waals surface area contributed by atoms with Gasteiger partial charge in [-0.3, -0.25) is 4.79 Å². The Morgan fingerprint density at radius 1 is 1.00 bits per heavy atom. The molecule has 0 fully saturated rings. The Morgan fingerprint density at radius 2 is 1.58 bits per heavy atom. The predicted molar refractivity (Wildman–Crippen MR) is 106 cm³/mol. The van der Waals surface area contributed by atoms with Gasteiger partial charge < -0.3 is 10.1 Å². The van der Waals surface area contributed by atoms with Crippen LogP contribution in [0.2, 0.25) is 0 Å². The SMILES string of the molecule is O=C(O)CCCCCCCCCCS.Sc1nc2ccccc2[nH]1. The Labute approximate surface area is 155 Å². The Morgan fingerprint density at radius 3 is 2.17 bits per heavy atom. The van der Waals surface area contributed by atoms with Crippen molar-refractivity contribution in [1.29, 1.82) is 0 Å². The summed E-state index contributed by atoms with van der Waals surface area (Å²) in [5.41, 5.74) is 2.00. The van der Waals surface area contributed by atoms with Crippen molar-refractivity contribution in [2.45, 2.75) is 62.9 Å². The number of unbranched alkanes of at least 4 members (excludes halogenated alkanes) is 7. The topological polar surface area (TPSA) is 66.0 Å². The van der Waals surface area contributed by atoms with E-state index in [0.717, 1.165) is 29.6 Å². The number of rotatable bonds is 10. The predicted octanol–water partition coefficient (Wildman–Crippen LogP) is 5.36. The highest BCUT2D eigenvalue weighted by Gasteiger charge is 1.96. The number of hydrogen-bond donors (Lipinski definition) is 4. The fourth-order valence-electron chi connectivity index (χ4n) is 2.39. The molecule has 4 nitrogen and oxygen atoms in total. The number of aromatic amines is 1. The number of imidazole rings is 1. The molecular formula is C18H28N2O2S2. The highest BCUT2D eigenvalue weighted by Crippen LogP contribution is 2.11. The first-order valence-corrected chi connectivity index (χ1v) is 9.68. The van der Waals surface area contributed by atoms with E-state index in [4.69, 9.17) is 5.11 Å². The van der Waals surface area contributed by atoms with Gasteiger partial charge in [-0.1, -0.05) is 50.7 Å². The normalized spacial score (nSPS) is 10.4. The van der Waals surface area contributed by atoms with Gasteiger partial charge in [-0.25, -0.2) is 4.98 Å². The number of carboxylic acid groups (broad SMARTS) is 1. The number of aromatic nitrogens is 2. The summed E-state index contributed by atoms with van der Waals surface area (Å²) in [6, 6.07) is 7.84. The smallest absolute Gasteiger partial charge is 0.303 e. The first-order valence-electron chi connectivity index (χ1n) is 8.60. The number of benzene rings is 1. The van der Waals surface area contributed by atoms with Crippen molar-refractivity contribution in [3.05, 3.63) is 24.3 Å². The summed E-state index contributed by atoms with van der Waals surface area (Å²) in [6.45, 7) is 0. The van der Waals surface area contributed by atoms with Crippen LogP contribution in [-0.2, 0) is 4.79 Å². The molecule has 1 heterocycles. The van der Waals surface area contributed by atoms with Gasteiger partial charge in [0.15, 0.2) is 5.16 Å². The van der Waals surface area contributed by atoms with Crippen LogP contribution in [-0.4, -0.2) is 26.8 Å². The van der Waals surface area contributed by atoms with Gasteiger partial charge in [0.05, 0.1) is 11.0 Å². The van der Waals surface area contributed by atoms with Crippen LogP contribution >= 0.6 is 25.3 Å². The lowest BCUT2D eigenvalue weighted by Gasteiger charge is -2.00. The summed E-state index contributed by atoms with van der Waals surface area (Å²) in [7, 11) is 0. The molecule has 134 valence electrons. The molecule has 0 aliphatic rings. The van der Waals surface area contributed by atoms with Crippen molar-refractivity contribution in [3.8, 4) is 0 Å². The fourth-order valence-corrected chi connectivity index (χ4v) is 2.84. The largest absolute Gasteiger partial charge is 0.481 e. The summed E-state index contributed by atoms with van der Waals surface area (Å²) in [4.78, 5) is 17.3. The summed E-state index contributed by atoms with van der Waals surface area (Å²) in [5, 5.41) is 9.07. The molecule has 0 aliphatic heterocycles. The van der Waals surface area contributed by atoms with E-state index in [-0.39, 0.29) is 0 Å². The Balaban J connectivity index is 0.000000250. The van der Waals surface area contributed by atoms with Crippen molar-refractivity contribution < 1.29 is 9.90 Å². The van der Waals surface area contributed by atoms with E-state index in [0.29, 0.717) is 11.6 Å². The van der Waals surface area contributed by atoms with Crippen LogP contribution in [0.3, 0.4) is 0 Å². The quantitative estimate of drug-likeness (QED) is 0.337. The number of carbonyl (C=O) groups is 1. The lowest BCUT2D eigenvalue weighted by Crippen LogP contribution is -1.93. The highest BCUT2D eigenvalue weighted by molar-refractivity contribution is 7.80. The van der Waals surface area contributed by atoms with Crippen molar-refractivity contribution in [2.75, 3.05) is 5.75 Å². The molecule has 2 N–H and O–H groups in total. The molecule has 1 aromatic heterocycles. The Hall–Kier alpha value is -1.14. The molecule has 0 saturated carbocycles. The minimum Gasteiger partial charge on any atom is -0.481 e. The molecule has 0 atom stereocenters. The third-order valence-electron chi connectivity index (χ3n) is 3.68. The Bertz CT molecular complexity index is 554. The van der Waals surface area contributed by atoms with Crippen LogP contribution in [0.5, 0.6) is 0 Å². The van der Waals surface area contributed by atoms with Gasteiger partial charge in [0.1, 0.15) is 0 Å². The average molecular weight is 369 g/mol. The zero-order valence-corrected chi connectivity index (χ0v) is 15.9. The zero-order chi connectivity index (χ0) is 17.6. The van der Waals surface area contributed by atoms with E-state index < -0.39 is 5.97 Å². The van der Waals surface area contributed by atoms with Crippen molar-refractivity contribution >= 4 is 42.3 Å². The first kappa shape index (κ1) is 20.9. The minimum absolute atomic E-state index is 0.333. The summed E-state index contributed by atoms with van der Waals surface area (Å²) in [6.07, 6.45) is 9.80. The number of carboxylic acids is 1. The van der Waals surface area contributed by atoms with Crippen LogP contribution in [0, 0.1) is 0 Å². The van der Waals surface area contributed by atoms with Gasteiger partial charge in [0, 0.05) is 6.42 Å². The van der Waals surface area contributed by atoms with E-state index in [2.05, 4.69) is 35.2 Å². The van der Waals surface area contributed by atoms with Crippen LogP contribution in [0.4, 0.5) is 0 Å². The minimum atomic E-state index is -0.668. The van der Waals surface area contributed by atoms with Crippen molar-refractivity contribution in [2.24, 2.45) is 0 Å².